The molecular formula is C9H11NO3S. The second kappa shape index (κ2) is 4.23. The fraction of sp³-hybridized carbons (Fsp3) is 0.222. The molecule has 1 rings (SSSR count). The summed E-state index contributed by atoms with van der Waals surface area (Å²) in [4.78, 5) is 10.8. The molecule has 0 aliphatic rings. The zero-order valence-electron chi connectivity index (χ0n) is 7.69. The fourth-order valence-corrected chi connectivity index (χ4v) is 1.90. The minimum Gasteiger partial charge on any atom is -0.478 e. The summed E-state index contributed by atoms with van der Waals surface area (Å²) in [6.07, 6.45) is 1.52. The summed E-state index contributed by atoms with van der Waals surface area (Å²) < 4.78 is 11.0. The van der Waals surface area contributed by atoms with Crippen LogP contribution < -0.4 is 5.73 Å². The van der Waals surface area contributed by atoms with E-state index in [2.05, 4.69) is 0 Å². The van der Waals surface area contributed by atoms with Crippen molar-refractivity contribution in [3.63, 3.8) is 0 Å². The highest BCUT2D eigenvalue weighted by molar-refractivity contribution is 7.83. The zero-order valence-corrected chi connectivity index (χ0v) is 8.50. The lowest BCUT2D eigenvalue weighted by molar-refractivity contribution is 0.0697. The zero-order chi connectivity index (χ0) is 10.7. The molecule has 76 valence electrons. The number of aromatic carboxylic acids is 1. The summed E-state index contributed by atoms with van der Waals surface area (Å²) in [6.45, 7) is 0. The van der Waals surface area contributed by atoms with Crippen molar-refractivity contribution in [1.82, 2.24) is 0 Å². The molecule has 0 amide bonds. The van der Waals surface area contributed by atoms with E-state index in [1.54, 1.807) is 12.1 Å². The van der Waals surface area contributed by atoms with Crippen molar-refractivity contribution < 1.29 is 14.1 Å². The Labute approximate surface area is 84.2 Å². The topological polar surface area (TPSA) is 80.4 Å². The highest BCUT2D eigenvalue weighted by atomic mass is 32.2. The van der Waals surface area contributed by atoms with Gasteiger partial charge in [-0.3, -0.25) is 4.21 Å². The van der Waals surface area contributed by atoms with Gasteiger partial charge in [0.05, 0.1) is 5.56 Å². The number of carboxylic acid groups (broad SMARTS) is 1. The Bertz CT molecular complexity index is 390. The van der Waals surface area contributed by atoms with Gasteiger partial charge in [-0.25, -0.2) is 4.79 Å². The second-order valence-corrected chi connectivity index (χ2v) is 4.34. The molecule has 0 bridgehead atoms. The fourth-order valence-electron chi connectivity index (χ4n) is 1.22. The maximum absolute atomic E-state index is 11.0. The van der Waals surface area contributed by atoms with Gasteiger partial charge >= 0.3 is 5.97 Å². The van der Waals surface area contributed by atoms with Gasteiger partial charge in [-0.05, 0) is 11.6 Å². The van der Waals surface area contributed by atoms with Gasteiger partial charge < -0.3 is 10.8 Å². The predicted octanol–water partition coefficient (Wildman–Crippen LogP) is 0.846. The molecular weight excluding hydrogens is 202 g/mol. The van der Waals surface area contributed by atoms with Crippen molar-refractivity contribution in [3.05, 3.63) is 29.3 Å². The summed E-state index contributed by atoms with van der Waals surface area (Å²) in [6, 6.07) is 4.80. The molecule has 0 aliphatic carbocycles. The van der Waals surface area contributed by atoms with E-state index in [9.17, 15) is 9.00 Å². The van der Waals surface area contributed by atoms with E-state index in [0.717, 1.165) is 0 Å². The SMILES string of the molecule is CS(=O)Cc1cccc(N)c1C(=O)O. The Balaban J connectivity index is 3.21. The molecule has 1 atom stereocenters. The lowest BCUT2D eigenvalue weighted by atomic mass is 10.1. The van der Waals surface area contributed by atoms with Crippen LogP contribution in [-0.2, 0) is 16.6 Å². The van der Waals surface area contributed by atoms with E-state index in [0.29, 0.717) is 5.56 Å². The Morgan fingerprint density at radius 2 is 2.21 bits per heavy atom. The largest absolute Gasteiger partial charge is 0.478 e. The first kappa shape index (κ1) is 10.7. The molecule has 0 radical (unpaired) electrons. The Morgan fingerprint density at radius 1 is 1.57 bits per heavy atom. The molecule has 1 aromatic carbocycles. The van der Waals surface area contributed by atoms with Crippen LogP contribution in [0.2, 0.25) is 0 Å². The third kappa shape index (κ3) is 2.32. The summed E-state index contributed by atoms with van der Waals surface area (Å²) in [5.41, 5.74) is 6.30. The quantitative estimate of drug-likeness (QED) is 0.729. The smallest absolute Gasteiger partial charge is 0.338 e. The van der Waals surface area contributed by atoms with Gasteiger partial charge in [-0.15, -0.1) is 0 Å². The van der Waals surface area contributed by atoms with Crippen molar-refractivity contribution in [2.24, 2.45) is 0 Å². The molecule has 3 N–H and O–H groups in total. The van der Waals surface area contributed by atoms with Crippen LogP contribution in [0.15, 0.2) is 18.2 Å². The van der Waals surface area contributed by atoms with Crippen LogP contribution >= 0.6 is 0 Å². The van der Waals surface area contributed by atoms with Crippen LogP contribution in [0.5, 0.6) is 0 Å². The van der Waals surface area contributed by atoms with Gasteiger partial charge in [-0.2, -0.15) is 0 Å². The number of nitrogen functional groups attached to an aromatic ring is 1. The average Bonchev–Trinajstić information content (AvgIpc) is 2.01. The third-order valence-electron chi connectivity index (χ3n) is 1.76. The molecule has 1 unspecified atom stereocenters. The van der Waals surface area contributed by atoms with E-state index in [1.807, 2.05) is 0 Å². The normalized spacial score (nSPS) is 12.4. The van der Waals surface area contributed by atoms with Crippen LogP contribution in [0.25, 0.3) is 0 Å². The first-order valence-electron chi connectivity index (χ1n) is 3.93. The monoisotopic (exact) mass is 213 g/mol. The first-order chi connectivity index (χ1) is 6.52. The summed E-state index contributed by atoms with van der Waals surface area (Å²) in [7, 11) is -1.07. The van der Waals surface area contributed by atoms with E-state index >= 15 is 0 Å². The molecule has 1 aromatic rings. The number of carbonyl (C=O) groups is 1. The Morgan fingerprint density at radius 3 is 2.71 bits per heavy atom. The van der Waals surface area contributed by atoms with Gasteiger partial charge in [0.1, 0.15) is 0 Å². The Kier molecular flexibility index (Phi) is 3.24. The van der Waals surface area contributed by atoms with E-state index in [4.69, 9.17) is 10.8 Å². The molecule has 14 heavy (non-hydrogen) atoms. The minimum atomic E-state index is -1.08. The summed E-state index contributed by atoms with van der Waals surface area (Å²) in [5.74, 6) is -0.865. The van der Waals surface area contributed by atoms with Gasteiger partial charge in [0.15, 0.2) is 0 Å². The highest BCUT2D eigenvalue weighted by Crippen LogP contribution is 2.18. The standard InChI is InChI=1S/C9H11NO3S/c1-14(13)5-6-3-2-4-7(10)8(6)9(11)12/h2-4H,5,10H2,1H3,(H,11,12). The van der Waals surface area contributed by atoms with Gasteiger partial charge in [0.2, 0.25) is 0 Å². The maximum Gasteiger partial charge on any atom is 0.338 e. The molecule has 0 spiro atoms. The molecule has 0 saturated carbocycles. The second-order valence-electron chi connectivity index (χ2n) is 2.90. The van der Waals surface area contributed by atoms with E-state index in [1.165, 1.54) is 12.3 Å². The lowest BCUT2D eigenvalue weighted by Crippen LogP contribution is -2.08. The van der Waals surface area contributed by atoms with Crippen molar-refractivity contribution in [2.75, 3.05) is 12.0 Å². The van der Waals surface area contributed by atoms with Crippen molar-refractivity contribution >= 4 is 22.5 Å². The summed E-state index contributed by atoms with van der Waals surface area (Å²) in [5, 5.41) is 8.88. The van der Waals surface area contributed by atoms with Crippen molar-refractivity contribution in [1.29, 1.82) is 0 Å². The molecule has 5 heteroatoms. The van der Waals surface area contributed by atoms with Crippen LogP contribution in [-0.4, -0.2) is 21.5 Å². The average molecular weight is 213 g/mol. The van der Waals surface area contributed by atoms with Crippen LogP contribution in [0.3, 0.4) is 0 Å². The summed E-state index contributed by atoms with van der Waals surface area (Å²) >= 11 is 0. The van der Waals surface area contributed by atoms with Crippen LogP contribution in [0.1, 0.15) is 15.9 Å². The number of benzene rings is 1. The molecule has 0 aromatic heterocycles. The maximum atomic E-state index is 11.0. The van der Waals surface area contributed by atoms with Gasteiger partial charge in [0, 0.05) is 28.5 Å². The Hall–Kier alpha value is -1.36. The van der Waals surface area contributed by atoms with E-state index in [-0.39, 0.29) is 17.0 Å². The van der Waals surface area contributed by atoms with E-state index < -0.39 is 16.8 Å². The number of anilines is 1. The van der Waals surface area contributed by atoms with Crippen molar-refractivity contribution in [3.8, 4) is 0 Å². The number of hydrogen-bond acceptors (Lipinski definition) is 3. The lowest BCUT2D eigenvalue weighted by Gasteiger charge is -2.06. The third-order valence-corrected chi connectivity index (χ3v) is 2.47. The number of hydrogen-bond donors (Lipinski definition) is 2. The molecule has 0 aliphatic heterocycles. The molecule has 4 nitrogen and oxygen atoms in total. The molecule has 0 fully saturated rings. The van der Waals surface area contributed by atoms with Crippen LogP contribution in [0, 0.1) is 0 Å². The van der Waals surface area contributed by atoms with Crippen molar-refractivity contribution in [2.45, 2.75) is 5.75 Å². The molecule has 0 heterocycles. The number of carboxylic acids is 1. The van der Waals surface area contributed by atoms with Gasteiger partial charge in [-0.1, -0.05) is 12.1 Å². The predicted molar refractivity (Wildman–Crippen MR) is 55.6 cm³/mol. The number of nitrogens with two attached hydrogens (primary N) is 1. The van der Waals surface area contributed by atoms with Gasteiger partial charge in [0.25, 0.3) is 0 Å². The van der Waals surface area contributed by atoms with Crippen LogP contribution in [0.4, 0.5) is 5.69 Å². The highest BCUT2D eigenvalue weighted by Gasteiger charge is 2.13. The molecule has 0 saturated heterocycles. The minimum absolute atomic E-state index is 0.0581. The number of rotatable bonds is 3. The first-order valence-corrected chi connectivity index (χ1v) is 5.65.